The van der Waals surface area contributed by atoms with Crippen LogP contribution in [-0.4, -0.2) is 29.3 Å². The van der Waals surface area contributed by atoms with Gasteiger partial charge in [0, 0.05) is 11.1 Å². The van der Waals surface area contributed by atoms with E-state index in [1.807, 2.05) is 26.8 Å². The topological polar surface area (TPSA) is 93.1 Å². The summed E-state index contributed by atoms with van der Waals surface area (Å²) < 4.78 is 10.6. The lowest BCUT2D eigenvalue weighted by Crippen LogP contribution is -2.03. The molecule has 2 rings (SSSR count). The highest BCUT2D eigenvalue weighted by atomic mass is 16.5. The Bertz CT molecular complexity index is 832. The summed E-state index contributed by atoms with van der Waals surface area (Å²) in [7, 11) is 1.55. The molecule has 0 saturated carbocycles. The highest BCUT2D eigenvalue weighted by Gasteiger charge is 2.31. The number of methoxy groups -OCH3 is 1. The number of allylic oxidation sites excluding steroid dienone is 3. The van der Waals surface area contributed by atoms with Crippen molar-refractivity contribution in [2.45, 2.75) is 59.5 Å². The van der Waals surface area contributed by atoms with Gasteiger partial charge < -0.3 is 19.7 Å². The standard InChI is InChI=1S/C22H28O6/c1-13(6-5-7-14(2)9-11-18(23)24)8-10-16-20(25)19-17(12-28-22(19)26)15(3)21(16)27-4/h8-9,25H,5-7,10-12H2,1-4H3,(H,23,24). The van der Waals surface area contributed by atoms with Crippen molar-refractivity contribution in [1.29, 1.82) is 0 Å². The van der Waals surface area contributed by atoms with Gasteiger partial charge in [0.2, 0.25) is 0 Å². The van der Waals surface area contributed by atoms with Crippen molar-refractivity contribution in [3.8, 4) is 11.5 Å². The van der Waals surface area contributed by atoms with Crippen LogP contribution in [0.1, 0.15) is 66.6 Å². The fraction of sp³-hybridized carbons (Fsp3) is 0.455. The minimum absolute atomic E-state index is 0.0554. The summed E-state index contributed by atoms with van der Waals surface area (Å²) in [5.41, 5.74) is 4.58. The lowest BCUT2D eigenvalue weighted by molar-refractivity contribution is -0.136. The minimum Gasteiger partial charge on any atom is -0.507 e. The Kier molecular flexibility index (Phi) is 7.26. The van der Waals surface area contributed by atoms with Crippen LogP contribution in [0.5, 0.6) is 11.5 Å². The molecule has 0 fully saturated rings. The Morgan fingerprint density at radius 2 is 1.86 bits per heavy atom. The summed E-state index contributed by atoms with van der Waals surface area (Å²) in [5, 5.41) is 19.3. The third kappa shape index (κ3) is 4.94. The van der Waals surface area contributed by atoms with Crippen molar-refractivity contribution in [2.24, 2.45) is 0 Å². The largest absolute Gasteiger partial charge is 0.507 e. The summed E-state index contributed by atoms with van der Waals surface area (Å²) in [5.74, 6) is -0.788. The molecule has 1 aliphatic heterocycles. The van der Waals surface area contributed by atoms with Gasteiger partial charge in [0.15, 0.2) is 0 Å². The number of carbonyl (C=O) groups is 2. The van der Waals surface area contributed by atoms with Gasteiger partial charge in [-0.2, -0.15) is 0 Å². The molecule has 1 heterocycles. The summed E-state index contributed by atoms with van der Waals surface area (Å²) in [4.78, 5) is 22.5. The second-order valence-corrected chi connectivity index (χ2v) is 7.17. The number of aliphatic carboxylic acids is 1. The Morgan fingerprint density at radius 3 is 2.46 bits per heavy atom. The van der Waals surface area contributed by atoms with E-state index in [9.17, 15) is 14.7 Å². The number of ether oxygens (including phenoxy) is 2. The summed E-state index contributed by atoms with van der Waals surface area (Å²) in [6.07, 6.45) is 6.92. The molecule has 0 atom stereocenters. The van der Waals surface area contributed by atoms with Crippen molar-refractivity contribution in [3.05, 3.63) is 45.6 Å². The first kappa shape index (κ1) is 21.5. The number of phenolic OH excluding ortho intramolecular Hbond substituents is 1. The van der Waals surface area contributed by atoms with E-state index in [2.05, 4.69) is 0 Å². The third-order valence-electron chi connectivity index (χ3n) is 5.07. The zero-order valence-electron chi connectivity index (χ0n) is 16.9. The summed E-state index contributed by atoms with van der Waals surface area (Å²) in [6.45, 7) is 5.99. The van der Waals surface area contributed by atoms with Crippen molar-refractivity contribution in [1.82, 2.24) is 0 Å². The number of carboxylic acid groups (broad SMARTS) is 1. The highest BCUT2D eigenvalue weighted by molar-refractivity contribution is 5.98. The SMILES string of the molecule is COc1c(C)c2c(c(O)c1CC=C(C)CCCC(C)=CCC(=O)O)C(=O)OC2. The number of carbonyl (C=O) groups excluding carboxylic acids is 1. The molecule has 0 amide bonds. The van der Waals surface area contributed by atoms with E-state index in [4.69, 9.17) is 14.6 Å². The van der Waals surface area contributed by atoms with E-state index in [0.29, 0.717) is 23.3 Å². The first-order chi connectivity index (χ1) is 13.3. The molecule has 0 spiro atoms. The monoisotopic (exact) mass is 388 g/mol. The number of aromatic hydroxyl groups is 1. The van der Waals surface area contributed by atoms with Gasteiger partial charge in [0.25, 0.3) is 0 Å². The number of fused-ring (bicyclic) bond motifs is 1. The summed E-state index contributed by atoms with van der Waals surface area (Å²) in [6, 6.07) is 0. The molecule has 6 heteroatoms. The molecule has 152 valence electrons. The smallest absolute Gasteiger partial charge is 0.342 e. The van der Waals surface area contributed by atoms with Crippen LogP contribution >= 0.6 is 0 Å². The second kappa shape index (κ2) is 9.44. The van der Waals surface area contributed by atoms with Gasteiger partial charge in [-0.3, -0.25) is 4.79 Å². The molecule has 1 aliphatic rings. The lowest BCUT2D eigenvalue weighted by Gasteiger charge is -2.15. The van der Waals surface area contributed by atoms with Crippen LogP contribution in [0, 0.1) is 6.92 Å². The van der Waals surface area contributed by atoms with Gasteiger partial charge in [-0.05, 0) is 52.0 Å². The van der Waals surface area contributed by atoms with E-state index in [-0.39, 0.29) is 24.3 Å². The fourth-order valence-corrected chi connectivity index (χ4v) is 3.42. The van der Waals surface area contributed by atoms with Gasteiger partial charge in [-0.1, -0.05) is 23.3 Å². The maximum atomic E-state index is 11.9. The lowest BCUT2D eigenvalue weighted by atomic mass is 9.94. The first-order valence-corrected chi connectivity index (χ1v) is 9.37. The average Bonchev–Trinajstić information content (AvgIpc) is 3.03. The van der Waals surface area contributed by atoms with Crippen molar-refractivity contribution in [3.63, 3.8) is 0 Å². The zero-order valence-corrected chi connectivity index (χ0v) is 16.9. The fourth-order valence-electron chi connectivity index (χ4n) is 3.42. The Labute approximate surface area is 165 Å². The third-order valence-corrected chi connectivity index (χ3v) is 5.07. The van der Waals surface area contributed by atoms with Crippen LogP contribution in [0.3, 0.4) is 0 Å². The van der Waals surface area contributed by atoms with Gasteiger partial charge in [0.05, 0.1) is 13.5 Å². The predicted octanol–water partition coefficient (Wildman–Crippen LogP) is 4.46. The highest BCUT2D eigenvalue weighted by Crippen LogP contribution is 2.42. The molecule has 0 aromatic heterocycles. The van der Waals surface area contributed by atoms with E-state index in [0.717, 1.165) is 36.0 Å². The van der Waals surface area contributed by atoms with E-state index >= 15 is 0 Å². The Morgan fingerprint density at radius 1 is 1.21 bits per heavy atom. The minimum atomic E-state index is -0.822. The van der Waals surface area contributed by atoms with Crippen LogP contribution < -0.4 is 4.74 Å². The van der Waals surface area contributed by atoms with Crippen LogP contribution in [0.2, 0.25) is 0 Å². The van der Waals surface area contributed by atoms with E-state index in [1.165, 1.54) is 0 Å². The molecular weight excluding hydrogens is 360 g/mol. The number of carboxylic acids is 1. The number of hydrogen-bond acceptors (Lipinski definition) is 5. The van der Waals surface area contributed by atoms with Crippen LogP contribution in [0.15, 0.2) is 23.3 Å². The molecular formula is C22H28O6. The van der Waals surface area contributed by atoms with Crippen molar-refractivity contribution in [2.75, 3.05) is 7.11 Å². The van der Waals surface area contributed by atoms with Gasteiger partial charge in [-0.25, -0.2) is 4.79 Å². The second-order valence-electron chi connectivity index (χ2n) is 7.17. The van der Waals surface area contributed by atoms with Crippen molar-refractivity contribution >= 4 is 11.9 Å². The number of benzene rings is 1. The number of hydrogen-bond donors (Lipinski definition) is 2. The molecule has 1 aromatic carbocycles. The number of cyclic esters (lactones) is 1. The van der Waals surface area contributed by atoms with E-state index in [1.54, 1.807) is 13.2 Å². The quantitative estimate of drug-likeness (QED) is 0.479. The molecule has 0 unspecified atom stereocenters. The summed E-state index contributed by atoms with van der Waals surface area (Å²) >= 11 is 0. The number of rotatable bonds is 9. The average molecular weight is 388 g/mol. The maximum Gasteiger partial charge on any atom is 0.342 e. The normalized spacial score (nSPS) is 14.1. The molecule has 0 bridgehead atoms. The maximum absolute atomic E-state index is 11.9. The molecule has 0 radical (unpaired) electrons. The predicted molar refractivity (Wildman–Crippen MR) is 106 cm³/mol. The van der Waals surface area contributed by atoms with Crippen LogP contribution in [0.25, 0.3) is 0 Å². The number of phenols is 1. The van der Waals surface area contributed by atoms with E-state index < -0.39 is 11.9 Å². The molecule has 0 aliphatic carbocycles. The van der Waals surface area contributed by atoms with Gasteiger partial charge in [0.1, 0.15) is 23.7 Å². The van der Waals surface area contributed by atoms with Crippen LogP contribution in [-0.2, 0) is 22.6 Å². The van der Waals surface area contributed by atoms with Crippen LogP contribution in [0.4, 0.5) is 0 Å². The Hall–Kier alpha value is -2.76. The molecule has 2 N–H and O–H groups in total. The Balaban J connectivity index is 2.08. The number of esters is 1. The molecule has 0 saturated heterocycles. The van der Waals surface area contributed by atoms with Gasteiger partial charge in [-0.15, -0.1) is 0 Å². The molecule has 1 aromatic rings. The molecule has 6 nitrogen and oxygen atoms in total. The first-order valence-electron chi connectivity index (χ1n) is 9.37. The molecule has 28 heavy (non-hydrogen) atoms. The van der Waals surface area contributed by atoms with Crippen molar-refractivity contribution < 1.29 is 29.3 Å². The van der Waals surface area contributed by atoms with Gasteiger partial charge >= 0.3 is 11.9 Å². The zero-order chi connectivity index (χ0) is 20.8.